The predicted molar refractivity (Wildman–Crippen MR) is 69.9 cm³/mol. The number of nitrogens with zero attached hydrogens (tertiary/aromatic N) is 2. The molecule has 0 fully saturated rings. The van der Waals surface area contributed by atoms with Gasteiger partial charge in [-0.2, -0.15) is 0 Å². The van der Waals surface area contributed by atoms with Crippen molar-refractivity contribution in [1.29, 1.82) is 0 Å². The van der Waals surface area contributed by atoms with Crippen LogP contribution in [-0.4, -0.2) is 9.97 Å². The standard InChI is InChI=1S/C14H17N3/c1-3-13-9-14(17-11(2)16-13)15-10-12-7-5-4-6-8-12/h4-9H,3,10H2,1-2H3,(H,15,16,17). The van der Waals surface area contributed by atoms with Crippen LogP contribution in [0.4, 0.5) is 5.82 Å². The Morgan fingerprint density at radius 3 is 2.59 bits per heavy atom. The van der Waals surface area contributed by atoms with Crippen molar-refractivity contribution in [1.82, 2.24) is 9.97 Å². The molecule has 88 valence electrons. The first-order chi connectivity index (χ1) is 8.28. The van der Waals surface area contributed by atoms with Gasteiger partial charge in [0.05, 0.1) is 0 Å². The van der Waals surface area contributed by atoms with E-state index in [1.54, 1.807) is 0 Å². The van der Waals surface area contributed by atoms with E-state index in [4.69, 9.17) is 0 Å². The molecule has 0 aliphatic heterocycles. The normalized spacial score (nSPS) is 10.2. The second kappa shape index (κ2) is 5.43. The third kappa shape index (κ3) is 3.28. The minimum atomic E-state index is 0.792. The van der Waals surface area contributed by atoms with Crippen molar-refractivity contribution in [3.8, 4) is 0 Å². The van der Waals surface area contributed by atoms with Crippen LogP contribution < -0.4 is 5.32 Å². The Kier molecular flexibility index (Phi) is 3.70. The number of anilines is 1. The number of hydrogen-bond acceptors (Lipinski definition) is 3. The van der Waals surface area contributed by atoms with Crippen molar-refractivity contribution in [2.75, 3.05) is 5.32 Å². The first kappa shape index (κ1) is 11.6. The van der Waals surface area contributed by atoms with E-state index in [9.17, 15) is 0 Å². The van der Waals surface area contributed by atoms with E-state index < -0.39 is 0 Å². The second-order valence-electron chi connectivity index (χ2n) is 3.98. The molecule has 1 heterocycles. The number of aromatic nitrogens is 2. The van der Waals surface area contributed by atoms with Crippen molar-refractivity contribution >= 4 is 5.82 Å². The summed E-state index contributed by atoms with van der Waals surface area (Å²) < 4.78 is 0. The molecule has 0 saturated heterocycles. The molecule has 1 N–H and O–H groups in total. The van der Waals surface area contributed by atoms with E-state index in [-0.39, 0.29) is 0 Å². The Balaban J connectivity index is 2.06. The van der Waals surface area contributed by atoms with Gasteiger partial charge in [-0.3, -0.25) is 0 Å². The van der Waals surface area contributed by atoms with Crippen molar-refractivity contribution in [2.45, 2.75) is 26.8 Å². The lowest BCUT2D eigenvalue weighted by molar-refractivity contribution is 0.941. The van der Waals surface area contributed by atoms with Gasteiger partial charge in [0.25, 0.3) is 0 Å². The zero-order valence-electron chi connectivity index (χ0n) is 10.3. The summed E-state index contributed by atoms with van der Waals surface area (Å²) in [7, 11) is 0. The zero-order valence-corrected chi connectivity index (χ0v) is 10.3. The molecule has 17 heavy (non-hydrogen) atoms. The smallest absolute Gasteiger partial charge is 0.130 e. The molecule has 2 rings (SSSR count). The van der Waals surface area contributed by atoms with Gasteiger partial charge >= 0.3 is 0 Å². The van der Waals surface area contributed by atoms with Crippen LogP contribution in [0.25, 0.3) is 0 Å². The van der Waals surface area contributed by atoms with Crippen molar-refractivity contribution in [3.63, 3.8) is 0 Å². The van der Waals surface area contributed by atoms with Crippen molar-refractivity contribution in [3.05, 3.63) is 53.5 Å². The lowest BCUT2D eigenvalue weighted by Crippen LogP contribution is -2.04. The highest BCUT2D eigenvalue weighted by Gasteiger charge is 2.00. The van der Waals surface area contributed by atoms with Crippen molar-refractivity contribution < 1.29 is 0 Å². The SMILES string of the molecule is CCc1cc(NCc2ccccc2)nc(C)n1. The molecule has 0 saturated carbocycles. The molecular formula is C14H17N3. The summed E-state index contributed by atoms with van der Waals surface area (Å²) in [4.78, 5) is 8.73. The lowest BCUT2D eigenvalue weighted by Gasteiger charge is -2.07. The largest absolute Gasteiger partial charge is 0.366 e. The minimum absolute atomic E-state index is 0.792. The third-order valence-electron chi connectivity index (χ3n) is 2.57. The topological polar surface area (TPSA) is 37.8 Å². The summed E-state index contributed by atoms with van der Waals surface area (Å²) in [5.41, 5.74) is 2.33. The van der Waals surface area contributed by atoms with Gasteiger partial charge in [0, 0.05) is 18.3 Å². The van der Waals surface area contributed by atoms with Gasteiger partial charge in [-0.25, -0.2) is 9.97 Å². The summed E-state index contributed by atoms with van der Waals surface area (Å²) in [5, 5.41) is 3.33. The summed E-state index contributed by atoms with van der Waals surface area (Å²) in [5.74, 6) is 1.72. The van der Waals surface area contributed by atoms with Gasteiger partial charge in [-0.05, 0) is 18.9 Å². The lowest BCUT2D eigenvalue weighted by atomic mass is 10.2. The number of benzene rings is 1. The number of nitrogens with one attached hydrogen (secondary N) is 1. The van der Waals surface area contributed by atoms with Crippen LogP contribution in [0.3, 0.4) is 0 Å². The fraction of sp³-hybridized carbons (Fsp3) is 0.286. The quantitative estimate of drug-likeness (QED) is 0.872. The molecule has 0 spiro atoms. The van der Waals surface area contributed by atoms with Crippen LogP contribution in [0, 0.1) is 6.92 Å². The van der Waals surface area contributed by atoms with Gasteiger partial charge in [0.1, 0.15) is 11.6 Å². The van der Waals surface area contributed by atoms with Crippen LogP contribution in [0.1, 0.15) is 24.0 Å². The van der Waals surface area contributed by atoms with Gasteiger partial charge in [0.15, 0.2) is 0 Å². The summed E-state index contributed by atoms with van der Waals surface area (Å²) in [6.07, 6.45) is 0.934. The maximum absolute atomic E-state index is 4.37. The average Bonchev–Trinajstić information content (AvgIpc) is 2.37. The highest BCUT2D eigenvalue weighted by atomic mass is 15.0. The van der Waals surface area contributed by atoms with E-state index in [1.165, 1.54) is 5.56 Å². The van der Waals surface area contributed by atoms with E-state index in [0.29, 0.717) is 0 Å². The molecule has 0 amide bonds. The highest BCUT2D eigenvalue weighted by molar-refractivity contribution is 5.37. The maximum atomic E-state index is 4.37. The van der Waals surface area contributed by atoms with E-state index in [0.717, 1.165) is 30.3 Å². The second-order valence-corrected chi connectivity index (χ2v) is 3.98. The summed E-state index contributed by atoms with van der Waals surface area (Å²) in [6.45, 7) is 4.82. The molecule has 3 heteroatoms. The van der Waals surface area contributed by atoms with Crippen LogP contribution in [0.5, 0.6) is 0 Å². The van der Waals surface area contributed by atoms with E-state index >= 15 is 0 Å². The fourth-order valence-electron chi connectivity index (χ4n) is 1.69. The minimum Gasteiger partial charge on any atom is -0.366 e. The molecule has 3 nitrogen and oxygen atoms in total. The highest BCUT2D eigenvalue weighted by Crippen LogP contribution is 2.09. The molecule has 2 aromatic rings. The summed E-state index contributed by atoms with van der Waals surface area (Å²) >= 11 is 0. The molecule has 1 aromatic heterocycles. The predicted octanol–water partition coefficient (Wildman–Crippen LogP) is 2.96. The first-order valence-electron chi connectivity index (χ1n) is 5.90. The summed E-state index contributed by atoms with van der Waals surface area (Å²) in [6, 6.07) is 12.3. The molecule has 0 aliphatic carbocycles. The first-order valence-corrected chi connectivity index (χ1v) is 5.90. The van der Waals surface area contributed by atoms with E-state index in [2.05, 4.69) is 34.3 Å². The van der Waals surface area contributed by atoms with Crippen LogP contribution in [0.15, 0.2) is 36.4 Å². The molecule has 0 atom stereocenters. The molecule has 1 aromatic carbocycles. The Bertz CT molecular complexity index is 480. The van der Waals surface area contributed by atoms with E-state index in [1.807, 2.05) is 31.2 Å². The number of aryl methyl sites for hydroxylation is 2. The molecule has 0 bridgehead atoms. The molecule has 0 unspecified atom stereocenters. The number of hydrogen-bond donors (Lipinski definition) is 1. The monoisotopic (exact) mass is 227 g/mol. The van der Waals surface area contributed by atoms with Gasteiger partial charge in [0.2, 0.25) is 0 Å². The van der Waals surface area contributed by atoms with Crippen molar-refractivity contribution in [2.24, 2.45) is 0 Å². The van der Waals surface area contributed by atoms with Gasteiger partial charge in [-0.15, -0.1) is 0 Å². The van der Waals surface area contributed by atoms with Gasteiger partial charge in [-0.1, -0.05) is 37.3 Å². The van der Waals surface area contributed by atoms with Gasteiger partial charge < -0.3 is 5.32 Å². The molecule has 0 radical (unpaired) electrons. The zero-order chi connectivity index (χ0) is 12.1. The van der Waals surface area contributed by atoms with Crippen LogP contribution in [0.2, 0.25) is 0 Å². The fourth-order valence-corrected chi connectivity index (χ4v) is 1.69. The molecule has 0 aliphatic rings. The van der Waals surface area contributed by atoms with Crippen LogP contribution in [-0.2, 0) is 13.0 Å². The average molecular weight is 227 g/mol. The Morgan fingerprint density at radius 2 is 1.88 bits per heavy atom. The Labute approximate surface area is 102 Å². The third-order valence-corrected chi connectivity index (χ3v) is 2.57. The maximum Gasteiger partial charge on any atom is 0.130 e. The number of rotatable bonds is 4. The Hall–Kier alpha value is -1.90. The molecular weight excluding hydrogens is 210 g/mol. The Morgan fingerprint density at radius 1 is 1.12 bits per heavy atom. The van der Waals surface area contributed by atoms with Crippen LogP contribution >= 0.6 is 0 Å².